The van der Waals surface area contributed by atoms with E-state index >= 15 is 0 Å². The minimum atomic E-state index is 0.378. The van der Waals surface area contributed by atoms with Crippen molar-refractivity contribution in [1.82, 2.24) is 4.90 Å². The van der Waals surface area contributed by atoms with Gasteiger partial charge in [-0.05, 0) is 25.3 Å². The van der Waals surface area contributed by atoms with Crippen molar-refractivity contribution < 1.29 is 0 Å². The lowest BCUT2D eigenvalue weighted by atomic mass is 9.96. The van der Waals surface area contributed by atoms with E-state index in [4.69, 9.17) is 5.26 Å². The standard InChI is InChI=1S/C9H14N2/c1-2-11-6-8-4-9(11)3-7(8)5-10/h7-9H,2-4,6H2,1H3. The van der Waals surface area contributed by atoms with Crippen LogP contribution in [0.25, 0.3) is 0 Å². The average molecular weight is 150 g/mol. The molecule has 0 radical (unpaired) electrons. The quantitative estimate of drug-likeness (QED) is 0.562. The fraction of sp³-hybridized carbons (Fsp3) is 0.889. The van der Waals surface area contributed by atoms with Gasteiger partial charge in [0.05, 0.1) is 12.0 Å². The molecule has 3 unspecified atom stereocenters. The van der Waals surface area contributed by atoms with Gasteiger partial charge in [0.2, 0.25) is 0 Å². The zero-order valence-electron chi connectivity index (χ0n) is 6.95. The first kappa shape index (κ1) is 7.12. The molecule has 11 heavy (non-hydrogen) atoms. The maximum atomic E-state index is 8.78. The molecule has 2 heteroatoms. The van der Waals surface area contributed by atoms with Crippen LogP contribution in [0.3, 0.4) is 0 Å². The van der Waals surface area contributed by atoms with Gasteiger partial charge >= 0.3 is 0 Å². The molecule has 2 fully saturated rings. The molecule has 1 aliphatic heterocycles. The molecule has 0 spiro atoms. The average Bonchev–Trinajstić information content (AvgIpc) is 2.60. The summed E-state index contributed by atoms with van der Waals surface area (Å²) in [5.41, 5.74) is 0. The van der Waals surface area contributed by atoms with Crippen LogP contribution >= 0.6 is 0 Å². The zero-order valence-corrected chi connectivity index (χ0v) is 6.95. The molecule has 0 N–H and O–H groups in total. The SMILES string of the molecule is CCN1CC2CC1CC2C#N. The largest absolute Gasteiger partial charge is 0.300 e. The van der Waals surface area contributed by atoms with Crippen molar-refractivity contribution in [2.45, 2.75) is 25.8 Å². The molecule has 0 amide bonds. The molecule has 1 saturated carbocycles. The van der Waals surface area contributed by atoms with E-state index in [2.05, 4.69) is 17.9 Å². The minimum absolute atomic E-state index is 0.378. The van der Waals surface area contributed by atoms with Crippen LogP contribution in [0.4, 0.5) is 0 Å². The van der Waals surface area contributed by atoms with Crippen LogP contribution in [-0.2, 0) is 0 Å². The van der Waals surface area contributed by atoms with Gasteiger partial charge in [-0.1, -0.05) is 6.92 Å². The highest BCUT2D eigenvalue weighted by molar-refractivity contribution is 5.04. The highest BCUT2D eigenvalue weighted by Gasteiger charge is 2.43. The molecule has 3 atom stereocenters. The number of nitriles is 1. The number of hydrogen-bond donors (Lipinski definition) is 0. The van der Waals surface area contributed by atoms with E-state index in [9.17, 15) is 0 Å². The summed E-state index contributed by atoms with van der Waals surface area (Å²) in [6.45, 7) is 4.56. The van der Waals surface area contributed by atoms with Crippen molar-refractivity contribution in [3.63, 3.8) is 0 Å². The Morgan fingerprint density at radius 2 is 2.36 bits per heavy atom. The van der Waals surface area contributed by atoms with Gasteiger partial charge in [0.15, 0.2) is 0 Å². The molecule has 2 rings (SSSR count). The van der Waals surface area contributed by atoms with Gasteiger partial charge in [0.25, 0.3) is 0 Å². The monoisotopic (exact) mass is 150 g/mol. The first-order valence-corrected chi connectivity index (χ1v) is 4.48. The first-order chi connectivity index (χ1) is 5.35. The lowest BCUT2D eigenvalue weighted by Crippen LogP contribution is -2.34. The number of hydrogen-bond acceptors (Lipinski definition) is 2. The molecular weight excluding hydrogens is 136 g/mol. The summed E-state index contributed by atoms with van der Waals surface area (Å²) < 4.78 is 0. The van der Waals surface area contributed by atoms with Gasteiger partial charge in [-0.15, -0.1) is 0 Å². The van der Waals surface area contributed by atoms with Crippen molar-refractivity contribution in [1.29, 1.82) is 5.26 Å². The van der Waals surface area contributed by atoms with Crippen molar-refractivity contribution in [3.8, 4) is 6.07 Å². The van der Waals surface area contributed by atoms with Crippen LogP contribution in [0.1, 0.15) is 19.8 Å². The molecule has 2 nitrogen and oxygen atoms in total. The predicted molar refractivity (Wildman–Crippen MR) is 42.9 cm³/mol. The summed E-state index contributed by atoms with van der Waals surface area (Å²) in [6, 6.07) is 3.16. The Kier molecular flexibility index (Phi) is 1.61. The molecule has 2 bridgehead atoms. The Hall–Kier alpha value is -0.550. The zero-order chi connectivity index (χ0) is 7.84. The molecule has 0 aromatic heterocycles. The second kappa shape index (κ2) is 2.49. The topological polar surface area (TPSA) is 27.0 Å². The minimum Gasteiger partial charge on any atom is -0.300 e. The highest BCUT2D eigenvalue weighted by atomic mass is 15.2. The summed E-state index contributed by atoms with van der Waals surface area (Å²) in [7, 11) is 0. The summed E-state index contributed by atoms with van der Waals surface area (Å²) >= 11 is 0. The van der Waals surface area contributed by atoms with Crippen molar-refractivity contribution in [3.05, 3.63) is 0 Å². The summed E-state index contributed by atoms with van der Waals surface area (Å²) in [5, 5.41) is 8.78. The van der Waals surface area contributed by atoms with Gasteiger partial charge < -0.3 is 4.90 Å². The van der Waals surface area contributed by atoms with Gasteiger partial charge in [-0.3, -0.25) is 0 Å². The fourth-order valence-corrected chi connectivity index (χ4v) is 2.59. The summed E-state index contributed by atoms with van der Waals surface area (Å²) in [6.07, 6.45) is 2.42. The Balaban J connectivity index is 2.04. The number of likely N-dealkylation sites (tertiary alicyclic amines) is 1. The Morgan fingerprint density at radius 3 is 2.82 bits per heavy atom. The van der Waals surface area contributed by atoms with Crippen LogP contribution in [0.15, 0.2) is 0 Å². The third kappa shape index (κ3) is 0.954. The van der Waals surface area contributed by atoms with Crippen LogP contribution in [0, 0.1) is 23.2 Å². The highest BCUT2D eigenvalue weighted by Crippen LogP contribution is 2.41. The summed E-state index contributed by atoms with van der Waals surface area (Å²) in [4.78, 5) is 2.51. The molecule has 1 heterocycles. The van der Waals surface area contributed by atoms with Crippen LogP contribution in [0.5, 0.6) is 0 Å². The normalized spacial score (nSPS) is 42.7. The Morgan fingerprint density at radius 1 is 1.55 bits per heavy atom. The lowest BCUT2D eigenvalue weighted by Gasteiger charge is -2.27. The van der Waals surface area contributed by atoms with E-state index in [1.165, 1.54) is 19.5 Å². The maximum Gasteiger partial charge on any atom is 0.0659 e. The van der Waals surface area contributed by atoms with E-state index in [-0.39, 0.29) is 0 Å². The van der Waals surface area contributed by atoms with Gasteiger partial charge in [0.1, 0.15) is 0 Å². The second-order valence-electron chi connectivity index (χ2n) is 3.71. The number of nitrogens with zero attached hydrogens (tertiary/aromatic N) is 2. The predicted octanol–water partition coefficient (Wildman–Crippen LogP) is 1.24. The van der Waals surface area contributed by atoms with E-state index in [0.717, 1.165) is 12.5 Å². The Bertz CT molecular complexity index is 194. The molecule has 60 valence electrons. The van der Waals surface area contributed by atoms with Crippen molar-refractivity contribution in [2.75, 3.05) is 13.1 Å². The molecule has 1 saturated heterocycles. The molecular formula is C9H14N2. The van der Waals surface area contributed by atoms with E-state index < -0.39 is 0 Å². The van der Waals surface area contributed by atoms with E-state index in [1.807, 2.05) is 0 Å². The van der Waals surface area contributed by atoms with Gasteiger partial charge in [-0.2, -0.15) is 5.26 Å². The summed E-state index contributed by atoms with van der Waals surface area (Å²) in [5.74, 6) is 1.08. The van der Waals surface area contributed by atoms with Crippen LogP contribution in [0.2, 0.25) is 0 Å². The van der Waals surface area contributed by atoms with E-state index in [1.54, 1.807) is 0 Å². The smallest absolute Gasteiger partial charge is 0.0659 e. The van der Waals surface area contributed by atoms with Crippen LogP contribution < -0.4 is 0 Å². The van der Waals surface area contributed by atoms with Crippen molar-refractivity contribution in [2.24, 2.45) is 11.8 Å². The number of piperidine rings is 1. The lowest BCUT2D eigenvalue weighted by molar-refractivity contribution is 0.203. The number of rotatable bonds is 1. The molecule has 2 aliphatic rings. The molecule has 0 aromatic rings. The third-order valence-corrected chi connectivity index (χ3v) is 3.23. The van der Waals surface area contributed by atoms with Gasteiger partial charge in [0, 0.05) is 12.6 Å². The second-order valence-corrected chi connectivity index (χ2v) is 3.71. The first-order valence-electron chi connectivity index (χ1n) is 4.48. The van der Waals surface area contributed by atoms with Gasteiger partial charge in [-0.25, -0.2) is 0 Å². The Labute approximate surface area is 67.8 Å². The van der Waals surface area contributed by atoms with Crippen LogP contribution in [-0.4, -0.2) is 24.0 Å². The van der Waals surface area contributed by atoms with E-state index in [0.29, 0.717) is 11.8 Å². The molecule has 1 aliphatic carbocycles. The fourth-order valence-electron chi connectivity index (χ4n) is 2.59. The van der Waals surface area contributed by atoms with Crippen molar-refractivity contribution >= 4 is 0 Å². The maximum absolute atomic E-state index is 8.78. The molecule has 0 aromatic carbocycles. The third-order valence-electron chi connectivity index (χ3n) is 3.23. The number of fused-ring (bicyclic) bond motifs is 2.